The summed E-state index contributed by atoms with van der Waals surface area (Å²) in [6.07, 6.45) is 0. The third-order valence-electron chi connectivity index (χ3n) is 1.54. The van der Waals surface area contributed by atoms with Crippen molar-refractivity contribution in [1.82, 2.24) is 4.98 Å². The predicted octanol–water partition coefficient (Wildman–Crippen LogP) is 1.38. The molecule has 1 aromatic carbocycles. The fourth-order valence-electron chi connectivity index (χ4n) is 1.05. The number of aromatic nitrogens is 1. The lowest BCUT2D eigenvalue weighted by Gasteiger charge is -1.90. The van der Waals surface area contributed by atoms with Gasteiger partial charge in [-0.15, -0.1) is 0 Å². The highest BCUT2D eigenvalue weighted by molar-refractivity contribution is 5.86. The highest BCUT2D eigenvalue weighted by Crippen LogP contribution is 2.26. The molecule has 0 fully saturated rings. The molecular weight excluding hydrogens is 142 g/mol. The Bertz CT molecular complexity index is 392. The first-order valence-electron chi connectivity index (χ1n) is 3.19. The zero-order valence-electron chi connectivity index (χ0n) is 5.63. The fraction of sp³-hybridized carbons (Fsp3) is 0. The molecule has 1 radical (unpaired) electrons. The average Bonchev–Trinajstić information content (AvgIpc) is 2.31. The number of phenols is 1. The molecule has 3 N–H and O–H groups in total. The van der Waals surface area contributed by atoms with Gasteiger partial charge in [-0.1, -0.05) is 6.07 Å². The molecule has 0 saturated carbocycles. The quantitative estimate of drug-likeness (QED) is 0.528. The van der Waals surface area contributed by atoms with Crippen LogP contribution >= 0.6 is 0 Å². The molecule has 0 amide bonds. The topological polar surface area (TPSA) is 56.2 Å². The first kappa shape index (κ1) is 6.09. The number of H-pyrrole nitrogens is 1. The maximum absolute atomic E-state index is 9.22. The van der Waals surface area contributed by atoms with Gasteiger partial charge < -0.3 is 15.2 Å². The summed E-state index contributed by atoms with van der Waals surface area (Å²) in [6.45, 7) is 0. The standard InChI is InChI=1S/C8H6NO2/c10-7-3-1-2-6-5(7)4-8(11)9-6/h1-3,9-11H. The minimum atomic E-state index is -0.0542. The average molecular weight is 148 g/mol. The van der Waals surface area contributed by atoms with Gasteiger partial charge in [-0.05, 0) is 12.1 Å². The van der Waals surface area contributed by atoms with Crippen molar-refractivity contribution in [3.63, 3.8) is 0 Å². The minimum absolute atomic E-state index is 0.0542. The largest absolute Gasteiger partial charge is 0.507 e. The lowest BCUT2D eigenvalue weighted by atomic mass is 10.2. The van der Waals surface area contributed by atoms with Gasteiger partial charge in [0.25, 0.3) is 0 Å². The highest BCUT2D eigenvalue weighted by Gasteiger charge is 2.02. The first-order chi connectivity index (χ1) is 5.27. The molecule has 2 aromatic rings. The summed E-state index contributed by atoms with van der Waals surface area (Å²) < 4.78 is 0. The number of phenolic OH excluding ortho intramolecular Hbond substituents is 1. The van der Waals surface area contributed by atoms with Crippen LogP contribution in [-0.4, -0.2) is 15.2 Å². The number of hydrogen-bond donors (Lipinski definition) is 3. The van der Waals surface area contributed by atoms with Crippen LogP contribution in [0.15, 0.2) is 18.2 Å². The summed E-state index contributed by atoms with van der Waals surface area (Å²) in [5.41, 5.74) is 0.683. The second-order valence-corrected chi connectivity index (χ2v) is 2.30. The summed E-state index contributed by atoms with van der Waals surface area (Å²) in [4.78, 5) is 2.64. The van der Waals surface area contributed by atoms with Crippen LogP contribution in [0, 0.1) is 6.07 Å². The summed E-state index contributed by atoms with van der Waals surface area (Å²) >= 11 is 0. The van der Waals surface area contributed by atoms with E-state index in [1.807, 2.05) is 0 Å². The maximum Gasteiger partial charge on any atom is 0.197 e. The second-order valence-electron chi connectivity index (χ2n) is 2.30. The van der Waals surface area contributed by atoms with E-state index < -0.39 is 0 Å². The first-order valence-corrected chi connectivity index (χ1v) is 3.19. The smallest absolute Gasteiger partial charge is 0.197 e. The molecule has 0 aliphatic rings. The van der Waals surface area contributed by atoms with Crippen molar-refractivity contribution in [1.29, 1.82) is 0 Å². The SMILES string of the molecule is Oc1[c]c2c(O)cccc2[nH]1. The van der Waals surface area contributed by atoms with E-state index in [9.17, 15) is 5.11 Å². The van der Waals surface area contributed by atoms with Crippen LogP contribution in [0.4, 0.5) is 0 Å². The van der Waals surface area contributed by atoms with Gasteiger partial charge in [0.2, 0.25) is 0 Å². The molecule has 0 atom stereocenters. The van der Waals surface area contributed by atoms with Crippen molar-refractivity contribution in [2.75, 3.05) is 0 Å². The zero-order valence-corrected chi connectivity index (χ0v) is 5.63. The lowest BCUT2D eigenvalue weighted by Crippen LogP contribution is -1.66. The molecule has 2 rings (SSSR count). The number of nitrogens with one attached hydrogen (secondary N) is 1. The summed E-state index contributed by atoms with van der Waals surface area (Å²) in [5.74, 6) is 0.0700. The van der Waals surface area contributed by atoms with Crippen molar-refractivity contribution < 1.29 is 10.2 Å². The van der Waals surface area contributed by atoms with Crippen molar-refractivity contribution in [3.8, 4) is 11.6 Å². The van der Waals surface area contributed by atoms with Crippen molar-refractivity contribution in [2.24, 2.45) is 0 Å². The third kappa shape index (κ3) is 0.816. The van der Waals surface area contributed by atoms with Gasteiger partial charge in [-0.25, -0.2) is 0 Å². The van der Waals surface area contributed by atoms with Gasteiger partial charge in [-0.3, -0.25) is 0 Å². The number of aromatic hydroxyl groups is 2. The molecule has 1 aromatic heterocycles. The van der Waals surface area contributed by atoms with Gasteiger partial charge in [0, 0.05) is 0 Å². The Hall–Kier alpha value is -1.64. The molecular formula is C8H6NO2. The van der Waals surface area contributed by atoms with Crippen LogP contribution < -0.4 is 0 Å². The molecule has 0 bridgehead atoms. The van der Waals surface area contributed by atoms with Crippen LogP contribution in [0.2, 0.25) is 0 Å². The van der Waals surface area contributed by atoms with E-state index in [1.54, 1.807) is 18.2 Å². The molecule has 0 aliphatic heterocycles. The predicted molar refractivity (Wildman–Crippen MR) is 40.5 cm³/mol. The van der Waals surface area contributed by atoms with E-state index in [0.717, 1.165) is 0 Å². The number of aromatic amines is 1. The summed E-state index contributed by atoms with van der Waals surface area (Å²) in [6, 6.07) is 7.58. The molecule has 55 valence electrons. The van der Waals surface area contributed by atoms with Gasteiger partial charge in [0.1, 0.15) is 5.75 Å². The summed E-state index contributed by atoms with van der Waals surface area (Å²) in [7, 11) is 0. The Kier molecular flexibility index (Phi) is 1.06. The number of fused-ring (bicyclic) bond motifs is 1. The Labute approximate surface area is 62.9 Å². The number of hydrogen-bond acceptors (Lipinski definition) is 2. The monoisotopic (exact) mass is 148 g/mol. The van der Waals surface area contributed by atoms with Gasteiger partial charge in [0.05, 0.1) is 17.0 Å². The van der Waals surface area contributed by atoms with Gasteiger partial charge in [0.15, 0.2) is 5.88 Å². The van der Waals surface area contributed by atoms with E-state index in [1.165, 1.54) is 0 Å². The van der Waals surface area contributed by atoms with Gasteiger partial charge in [-0.2, -0.15) is 0 Å². The van der Waals surface area contributed by atoms with E-state index in [0.29, 0.717) is 10.9 Å². The molecule has 0 saturated heterocycles. The minimum Gasteiger partial charge on any atom is -0.507 e. The zero-order chi connectivity index (χ0) is 7.84. The summed E-state index contributed by atoms with van der Waals surface area (Å²) in [5, 5.41) is 18.7. The normalized spacial score (nSPS) is 10.5. The Morgan fingerprint density at radius 2 is 2.09 bits per heavy atom. The van der Waals surface area contributed by atoms with Crippen LogP contribution in [0.25, 0.3) is 10.9 Å². The van der Waals surface area contributed by atoms with Crippen LogP contribution in [-0.2, 0) is 0 Å². The van der Waals surface area contributed by atoms with E-state index in [2.05, 4.69) is 11.1 Å². The van der Waals surface area contributed by atoms with Crippen molar-refractivity contribution in [3.05, 3.63) is 24.3 Å². The molecule has 1 heterocycles. The lowest BCUT2D eigenvalue weighted by molar-refractivity contribution is 0.457. The number of benzene rings is 1. The molecule has 3 heteroatoms. The van der Waals surface area contributed by atoms with Crippen LogP contribution in [0.3, 0.4) is 0 Å². The molecule has 0 unspecified atom stereocenters. The fourth-order valence-corrected chi connectivity index (χ4v) is 1.05. The Morgan fingerprint density at radius 1 is 1.27 bits per heavy atom. The van der Waals surface area contributed by atoms with E-state index in [-0.39, 0.29) is 11.6 Å². The van der Waals surface area contributed by atoms with E-state index in [4.69, 9.17) is 5.11 Å². The van der Waals surface area contributed by atoms with Crippen molar-refractivity contribution >= 4 is 10.9 Å². The number of rotatable bonds is 0. The maximum atomic E-state index is 9.22. The second kappa shape index (κ2) is 1.92. The van der Waals surface area contributed by atoms with E-state index >= 15 is 0 Å². The highest BCUT2D eigenvalue weighted by atomic mass is 16.3. The third-order valence-corrected chi connectivity index (χ3v) is 1.54. The molecule has 0 aliphatic carbocycles. The van der Waals surface area contributed by atoms with Crippen LogP contribution in [0.5, 0.6) is 11.6 Å². The molecule has 0 spiro atoms. The Balaban J connectivity index is 2.90. The molecule has 3 nitrogen and oxygen atoms in total. The molecule has 11 heavy (non-hydrogen) atoms. The Morgan fingerprint density at radius 3 is 2.82 bits per heavy atom. The van der Waals surface area contributed by atoms with Crippen molar-refractivity contribution in [2.45, 2.75) is 0 Å². The van der Waals surface area contributed by atoms with Gasteiger partial charge >= 0.3 is 0 Å². The van der Waals surface area contributed by atoms with Crippen LogP contribution in [0.1, 0.15) is 0 Å².